The quantitative estimate of drug-likeness (QED) is 0.729. The van der Waals surface area contributed by atoms with Gasteiger partial charge in [0.2, 0.25) is 5.91 Å². The number of amides is 1. The van der Waals surface area contributed by atoms with Crippen LogP contribution < -0.4 is 10.6 Å². The first kappa shape index (κ1) is 23.0. The van der Waals surface area contributed by atoms with Gasteiger partial charge in [0.05, 0.1) is 29.3 Å². The van der Waals surface area contributed by atoms with Crippen molar-refractivity contribution in [2.24, 2.45) is 5.73 Å². The van der Waals surface area contributed by atoms with Crippen LogP contribution in [0.2, 0.25) is 5.02 Å². The molecule has 1 fully saturated rings. The number of carbonyl (C=O) groups is 1. The molecule has 0 spiro atoms. The Morgan fingerprint density at radius 3 is 2.69 bits per heavy atom. The van der Waals surface area contributed by atoms with E-state index in [0.29, 0.717) is 44.8 Å². The summed E-state index contributed by atoms with van der Waals surface area (Å²) in [5, 5.41) is 0.0451. The number of fused-ring (bicyclic) bond motifs is 1. The van der Waals surface area contributed by atoms with Gasteiger partial charge < -0.3 is 20.3 Å². The Kier molecular flexibility index (Phi) is 6.43. The van der Waals surface area contributed by atoms with Gasteiger partial charge in [0, 0.05) is 49.2 Å². The SMILES string of the molecule is C[C@@H]1OCc2nccc(N3CCN(C(=O)[C@H](CC(C)(C)N)c4ccc(Cl)c(F)c4)CC3)c21. The molecular weight excluding hydrogens is 431 g/mol. The Balaban J connectivity index is 1.51. The summed E-state index contributed by atoms with van der Waals surface area (Å²) in [5.41, 5.74) is 9.55. The standard InChI is InChI=1S/C24H30ClFN4O2/c1-15-22-20(14-32-15)28-7-6-21(22)29-8-10-30(11-9-29)23(31)17(13-24(2,3)27)16-4-5-18(25)19(26)12-16/h4-7,12,15,17H,8-11,13-14,27H2,1-3H3/t15-,17+/m0/s1. The van der Waals surface area contributed by atoms with Crippen LogP contribution in [-0.4, -0.2) is 47.5 Å². The Bertz CT molecular complexity index is 1000. The van der Waals surface area contributed by atoms with E-state index in [4.69, 9.17) is 22.1 Å². The highest BCUT2D eigenvalue weighted by molar-refractivity contribution is 6.30. The topological polar surface area (TPSA) is 71.7 Å². The molecule has 4 rings (SSSR count). The molecule has 2 N–H and O–H groups in total. The molecule has 0 saturated carbocycles. The summed E-state index contributed by atoms with van der Waals surface area (Å²) in [5.74, 6) is -1.07. The van der Waals surface area contributed by atoms with Crippen LogP contribution in [0, 0.1) is 5.82 Å². The summed E-state index contributed by atoms with van der Waals surface area (Å²) in [6, 6.07) is 6.60. The maximum atomic E-state index is 14.1. The number of pyridine rings is 1. The van der Waals surface area contributed by atoms with Gasteiger partial charge in [-0.2, -0.15) is 0 Å². The van der Waals surface area contributed by atoms with Gasteiger partial charge in [-0.3, -0.25) is 9.78 Å². The van der Waals surface area contributed by atoms with Gasteiger partial charge in [-0.1, -0.05) is 17.7 Å². The molecule has 1 amide bonds. The van der Waals surface area contributed by atoms with E-state index in [2.05, 4.69) is 9.88 Å². The van der Waals surface area contributed by atoms with Gasteiger partial charge in [0.15, 0.2) is 0 Å². The van der Waals surface area contributed by atoms with E-state index in [1.165, 1.54) is 12.1 Å². The lowest BCUT2D eigenvalue weighted by atomic mass is 9.85. The highest BCUT2D eigenvalue weighted by Gasteiger charge is 2.33. The minimum Gasteiger partial charge on any atom is -0.368 e. The van der Waals surface area contributed by atoms with Crippen LogP contribution in [0.1, 0.15) is 56.0 Å². The highest BCUT2D eigenvalue weighted by atomic mass is 35.5. The molecule has 172 valence electrons. The Morgan fingerprint density at radius 2 is 2.03 bits per heavy atom. The van der Waals surface area contributed by atoms with Crippen molar-refractivity contribution < 1.29 is 13.9 Å². The zero-order valence-electron chi connectivity index (χ0n) is 18.8. The molecular formula is C24H30ClFN4O2. The third-order valence-corrected chi connectivity index (χ3v) is 6.54. The molecule has 0 aliphatic carbocycles. The van der Waals surface area contributed by atoms with Gasteiger partial charge in [0.1, 0.15) is 5.82 Å². The zero-order chi connectivity index (χ0) is 23.0. The van der Waals surface area contributed by atoms with Gasteiger partial charge in [0.25, 0.3) is 0 Å². The zero-order valence-corrected chi connectivity index (χ0v) is 19.5. The number of piperazine rings is 1. The lowest BCUT2D eigenvalue weighted by Crippen LogP contribution is -2.51. The lowest BCUT2D eigenvalue weighted by molar-refractivity contribution is -0.133. The second kappa shape index (κ2) is 8.96. The molecule has 2 aromatic rings. The maximum absolute atomic E-state index is 14.1. The van der Waals surface area contributed by atoms with Gasteiger partial charge in [-0.15, -0.1) is 0 Å². The number of nitrogens with zero attached hydrogens (tertiary/aromatic N) is 3. The maximum Gasteiger partial charge on any atom is 0.230 e. The summed E-state index contributed by atoms with van der Waals surface area (Å²) < 4.78 is 19.9. The van der Waals surface area contributed by atoms with Crippen molar-refractivity contribution in [2.45, 2.75) is 51.4 Å². The van der Waals surface area contributed by atoms with E-state index in [-0.39, 0.29) is 17.0 Å². The number of carbonyl (C=O) groups excluding carboxylic acids is 1. The minimum atomic E-state index is -0.577. The fourth-order valence-electron chi connectivity index (χ4n) is 4.62. The largest absolute Gasteiger partial charge is 0.368 e. The number of rotatable bonds is 5. The van der Waals surface area contributed by atoms with Crippen LogP contribution in [0.4, 0.5) is 10.1 Å². The Hall–Kier alpha value is -2.22. The van der Waals surface area contributed by atoms with E-state index in [1.54, 1.807) is 6.07 Å². The molecule has 1 saturated heterocycles. The molecule has 0 radical (unpaired) electrons. The van der Waals surface area contributed by atoms with Gasteiger partial charge in [-0.05, 0) is 51.0 Å². The van der Waals surface area contributed by atoms with Crippen molar-refractivity contribution in [1.82, 2.24) is 9.88 Å². The minimum absolute atomic E-state index is 0.0179. The van der Waals surface area contributed by atoms with Crippen molar-refractivity contribution in [3.8, 4) is 0 Å². The summed E-state index contributed by atoms with van der Waals surface area (Å²) in [4.78, 5) is 22.1. The van der Waals surface area contributed by atoms with Crippen molar-refractivity contribution in [3.05, 3.63) is 58.1 Å². The fraction of sp³-hybridized carbons (Fsp3) is 0.500. The van der Waals surface area contributed by atoms with Crippen LogP contribution in [0.25, 0.3) is 0 Å². The molecule has 1 aromatic heterocycles. The molecule has 2 atom stereocenters. The van der Waals surface area contributed by atoms with Crippen molar-refractivity contribution in [3.63, 3.8) is 0 Å². The smallest absolute Gasteiger partial charge is 0.230 e. The first-order valence-electron chi connectivity index (χ1n) is 11.0. The molecule has 0 unspecified atom stereocenters. The average Bonchev–Trinajstić information content (AvgIpc) is 3.14. The third-order valence-electron chi connectivity index (χ3n) is 6.23. The summed E-state index contributed by atoms with van der Waals surface area (Å²) >= 11 is 5.86. The predicted molar refractivity (Wildman–Crippen MR) is 123 cm³/mol. The molecule has 3 heterocycles. The second-order valence-corrected chi connectivity index (χ2v) is 9.78. The number of ether oxygens (including phenoxy) is 1. The number of anilines is 1. The van der Waals surface area contributed by atoms with E-state index in [9.17, 15) is 9.18 Å². The molecule has 1 aromatic carbocycles. The number of benzene rings is 1. The number of aromatic nitrogens is 1. The number of nitrogens with two attached hydrogens (primary N) is 1. The number of halogens is 2. The normalized spacial score (nSPS) is 19.8. The average molecular weight is 461 g/mol. The van der Waals surface area contributed by atoms with Gasteiger partial charge >= 0.3 is 0 Å². The summed E-state index contributed by atoms with van der Waals surface area (Å²) in [6.07, 6.45) is 2.26. The van der Waals surface area contributed by atoms with Crippen LogP contribution in [0.5, 0.6) is 0 Å². The van der Waals surface area contributed by atoms with E-state index < -0.39 is 17.3 Å². The third kappa shape index (κ3) is 4.75. The number of hydrogen-bond donors (Lipinski definition) is 1. The van der Waals surface area contributed by atoms with Gasteiger partial charge in [-0.25, -0.2) is 4.39 Å². The Morgan fingerprint density at radius 1 is 1.31 bits per heavy atom. The fourth-order valence-corrected chi connectivity index (χ4v) is 4.73. The van der Waals surface area contributed by atoms with E-state index in [1.807, 2.05) is 37.9 Å². The van der Waals surface area contributed by atoms with E-state index in [0.717, 1.165) is 16.9 Å². The van der Waals surface area contributed by atoms with Crippen LogP contribution in [-0.2, 0) is 16.1 Å². The second-order valence-electron chi connectivity index (χ2n) is 9.37. The monoisotopic (exact) mass is 460 g/mol. The highest BCUT2D eigenvalue weighted by Crippen LogP contribution is 2.37. The number of hydrogen-bond acceptors (Lipinski definition) is 5. The molecule has 8 heteroatoms. The first-order chi connectivity index (χ1) is 15.1. The van der Waals surface area contributed by atoms with Crippen molar-refractivity contribution >= 4 is 23.2 Å². The van der Waals surface area contributed by atoms with Crippen LogP contribution in [0.3, 0.4) is 0 Å². The van der Waals surface area contributed by atoms with Crippen molar-refractivity contribution in [1.29, 1.82) is 0 Å². The Labute approximate surface area is 193 Å². The lowest BCUT2D eigenvalue weighted by Gasteiger charge is -2.39. The molecule has 6 nitrogen and oxygen atoms in total. The molecule has 0 bridgehead atoms. The summed E-state index contributed by atoms with van der Waals surface area (Å²) in [6.45, 7) is 8.93. The molecule has 2 aliphatic rings. The molecule has 32 heavy (non-hydrogen) atoms. The summed E-state index contributed by atoms with van der Waals surface area (Å²) in [7, 11) is 0. The predicted octanol–water partition coefficient (Wildman–Crippen LogP) is 4.03. The van der Waals surface area contributed by atoms with E-state index >= 15 is 0 Å². The first-order valence-corrected chi connectivity index (χ1v) is 11.4. The van der Waals surface area contributed by atoms with Crippen LogP contribution in [0.15, 0.2) is 30.5 Å². The van der Waals surface area contributed by atoms with Crippen molar-refractivity contribution in [2.75, 3.05) is 31.1 Å². The molecule has 2 aliphatic heterocycles. The van der Waals surface area contributed by atoms with Crippen LogP contribution >= 0.6 is 11.6 Å².